The molecule has 0 radical (unpaired) electrons. The average Bonchev–Trinajstić information content (AvgIpc) is 2.39. The monoisotopic (exact) mass is 213 g/mol. The van der Waals surface area contributed by atoms with Crippen molar-refractivity contribution in [3.63, 3.8) is 0 Å². The van der Waals surface area contributed by atoms with Crippen molar-refractivity contribution in [1.29, 1.82) is 0 Å². The molecule has 0 atom stereocenters. The molecule has 16 heavy (non-hydrogen) atoms. The van der Waals surface area contributed by atoms with Crippen molar-refractivity contribution < 1.29 is 4.74 Å². The molecule has 0 aliphatic heterocycles. The number of hydrogen-bond donors (Lipinski definition) is 1. The van der Waals surface area contributed by atoms with Gasteiger partial charge in [0.05, 0.1) is 7.11 Å². The molecule has 0 aliphatic carbocycles. The molecule has 2 heteroatoms. The first kappa shape index (κ1) is 10.7. The summed E-state index contributed by atoms with van der Waals surface area (Å²) in [7, 11) is 1.68. The van der Waals surface area contributed by atoms with Gasteiger partial charge in [0.25, 0.3) is 0 Å². The summed E-state index contributed by atoms with van der Waals surface area (Å²) in [5.41, 5.74) is 8.94. The van der Waals surface area contributed by atoms with Crippen LogP contribution in [0.2, 0.25) is 0 Å². The van der Waals surface area contributed by atoms with Crippen LogP contribution in [-0.4, -0.2) is 7.11 Å². The van der Waals surface area contributed by atoms with Gasteiger partial charge in [-0.15, -0.1) is 0 Å². The van der Waals surface area contributed by atoms with Crippen LogP contribution in [0.15, 0.2) is 48.5 Å². The van der Waals surface area contributed by atoms with Crippen molar-refractivity contribution >= 4 is 0 Å². The fourth-order valence-corrected chi connectivity index (χ4v) is 1.72. The Kier molecular flexibility index (Phi) is 3.22. The van der Waals surface area contributed by atoms with Gasteiger partial charge in [0.2, 0.25) is 0 Å². The maximum atomic E-state index is 5.61. The molecule has 2 aromatic carbocycles. The summed E-state index contributed by atoms with van der Waals surface area (Å²) >= 11 is 0. The molecule has 0 unspecified atom stereocenters. The first-order chi connectivity index (χ1) is 7.85. The number of benzene rings is 2. The normalized spacial score (nSPS) is 10.1. The Morgan fingerprint density at radius 2 is 1.81 bits per heavy atom. The van der Waals surface area contributed by atoms with Gasteiger partial charge in [0, 0.05) is 12.1 Å². The van der Waals surface area contributed by atoms with Gasteiger partial charge in [-0.3, -0.25) is 0 Å². The fraction of sp³-hybridized carbons (Fsp3) is 0.143. The molecule has 0 fully saturated rings. The van der Waals surface area contributed by atoms with Crippen molar-refractivity contribution in [2.45, 2.75) is 6.54 Å². The SMILES string of the molecule is COc1cc(CN)ccc1-c1ccccc1. The quantitative estimate of drug-likeness (QED) is 0.850. The van der Waals surface area contributed by atoms with Crippen LogP contribution in [0, 0.1) is 0 Å². The second kappa shape index (κ2) is 4.81. The standard InChI is InChI=1S/C14H15NO/c1-16-14-9-11(10-15)7-8-13(14)12-5-3-2-4-6-12/h2-9H,10,15H2,1H3. The highest BCUT2D eigenvalue weighted by Gasteiger charge is 2.05. The number of ether oxygens (including phenoxy) is 1. The van der Waals surface area contributed by atoms with Crippen molar-refractivity contribution in [3.05, 3.63) is 54.1 Å². The summed E-state index contributed by atoms with van der Waals surface area (Å²) in [6.07, 6.45) is 0. The largest absolute Gasteiger partial charge is 0.496 e. The third-order valence-corrected chi connectivity index (χ3v) is 2.59. The number of methoxy groups -OCH3 is 1. The van der Waals surface area contributed by atoms with Crippen molar-refractivity contribution in [2.24, 2.45) is 5.73 Å². The molecule has 2 rings (SSSR count). The van der Waals surface area contributed by atoms with E-state index in [1.165, 1.54) is 0 Å². The average molecular weight is 213 g/mol. The van der Waals surface area contributed by atoms with E-state index in [1.807, 2.05) is 30.3 Å². The highest BCUT2D eigenvalue weighted by Crippen LogP contribution is 2.30. The Hall–Kier alpha value is -1.80. The van der Waals surface area contributed by atoms with Gasteiger partial charge >= 0.3 is 0 Å². The second-order valence-electron chi connectivity index (χ2n) is 3.60. The Morgan fingerprint density at radius 1 is 1.06 bits per heavy atom. The smallest absolute Gasteiger partial charge is 0.127 e. The Labute approximate surface area is 95.7 Å². The zero-order chi connectivity index (χ0) is 11.4. The zero-order valence-corrected chi connectivity index (χ0v) is 9.31. The molecule has 0 aliphatic rings. The molecule has 0 saturated heterocycles. The minimum absolute atomic E-state index is 0.533. The van der Waals surface area contributed by atoms with Gasteiger partial charge in [0.15, 0.2) is 0 Å². The predicted octanol–water partition coefficient (Wildman–Crippen LogP) is 2.82. The lowest BCUT2D eigenvalue weighted by Crippen LogP contribution is -1.97. The molecule has 2 aromatic rings. The van der Waals surface area contributed by atoms with E-state index < -0.39 is 0 Å². The lowest BCUT2D eigenvalue weighted by Gasteiger charge is -2.10. The van der Waals surface area contributed by atoms with E-state index >= 15 is 0 Å². The summed E-state index contributed by atoms with van der Waals surface area (Å²) in [4.78, 5) is 0. The van der Waals surface area contributed by atoms with E-state index in [1.54, 1.807) is 7.11 Å². The van der Waals surface area contributed by atoms with E-state index in [9.17, 15) is 0 Å². The van der Waals surface area contributed by atoms with Crippen LogP contribution >= 0.6 is 0 Å². The number of rotatable bonds is 3. The van der Waals surface area contributed by atoms with Crippen LogP contribution < -0.4 is 10.5 Å². The van der Waals surface area contributed by atoms with Crippen LogP contribution in [0.1, 0.15) is 5.56 Å². The van der Waals surface area contributed by atoms with E-state index in [0.717, 1.165) is 22.4 Å². The summed E-state index contributed by atoms with van der Waals surface area (Å²) in [5.74, 6) is 0.870. The van der Waals surface area contributed by atoms with Crippen LogP contribution in [-0.2, 0) is 6.54 Å². The molecule has 0 saturated carbocycles. The van der Waals surface area contributed by atoms with Crippen molar-refractivity contribution in [1.82, 2.24) is 0 Å². The summed E-state index contributed by atoms with van der Waals surface area (Å²) in [5, 5.41) is 0. The second-order valence-corrected chi connectivity index (χ2v) is 3.60. The molecule has 0 heterocycles. The highest BCUT2D eigenvalue weighted by molar-refractivity contribution is 5.70. The minimum atomic E-state index is 0.533. The number of hydrogen-bond acceptors (Lipinski definition) is 2. The third-order valence-electron chi connectivity index (χ3n) is 2.59. The van der Waals surface area contributed by atoms with Gasteiger partial charge in [-0.1, -0.05) is 42.5 Å². The molecule has 0 aromatic heterocycles. The topological polar surface area (TPSA) is 35.2 Å². The lowest BCUT2D eigenvalue weighted by atomic mass is 10.0. The van der Waals surface area contributed by atoms with Crippen molar-refractivity contribution in [3.8, 4) is 16.9 Å². The van der Waals surface area contributed by atoms with Crippen LogP contribution in [0.25, 0.3) is 11.1 Å². The molecule has 0 spiro atoms. The summed E-state index contributed by atoms with van der Waals surface area (Å²) < 4.78 is 5.39. The first-order valence-corrected chi connectivity index (χ1v) is 5.27. The Bertz CT molecular complexity index is 465. The first-order valence-electron chi connectivity index (χ1n) is 5.27. The molecule has 82 valence electrons. The van der Waals surface area contributed by atoms with E-state index in [-0.39, 0.29) is 0 Å². The van der Waals surface area contributed by atoms with Gasteiger partial charge < -0.3 is 10.5 Å². The molecule has 0 bridgehead atoms. The molecular formula is C14H15NO. The lowest BCUT2D eigenvalue weighted by molar-refractivity contribution is 0.416. The number of nitrogens with two attached hydrogens (primary N) is 1. The van der Waals surface area contributed by atoms with E-state index in [2.05, 4.69) is 18.2 Å². The van der Waals surface area contributed by atoms with Crippen molar-refractivity contribution in [2.75, 3.05) is 7.11 Å². The van der Waals surface area contributed by atoms with E-state index in [0.29, 0.717) is 6.54 Å². The molecule has 2 N–H and O–H groups in total. The van der Waals surface area contributed by atoms with Gasteiger partial charge in [-0.2, -0.15) is 0 Å². The van der Waals surface area contributed by atoms with Crippen LogP contribution in [0.5, 0.6) is 5.75 Å². The Balaban J connectivity index is 2.49. The fourth-order valence-electron chi connectivity index (χ4n) is 1.72. The van der Waals surface area contributed by atoms with Gasteiger partial charge in [-0.05, 0) is 17.2 Å². The zero-order valence-electron chi connectivity index (χ0n) is 9.31. The summed E-state index contributed by atoms with van der Waals surface area (Å²) in [6, 6.07) is 16.3. The van der Waals surface area contributed by atoms with E-state index in [4.69, 9.17) is 10.5 Å². The van der Waals surface area contributed by atoms with Crippen LogP contribution in [0.3, 0.4) is 0 Å². The third kappa shape index (κ3) is 2.07. The Morgan fingerprint density at radius 3 is 2.44 bits per heavy atom. The highest BCUT2D eigenvalue weighted by atomic mass is 16.5. The summed E-state index contributed by atoms with van der Waals surface area (Å²) in [6.45, 7) is 0.533. The van der Waals surface area contributed by atoms with Crippen LogP contribution in [0.4, 0.5) is 0 Å². The molecular weight excluding hydrogens is 198 g/mol. The minimum Gasteiger partial charge on any atom is -0.496 e. The maximum Gasteiger partial charge on any atom is 0.127 e. The van der Waals surface area contributed by atoms with Gasteiger partial charge in [0.1, 0.15) is 5.75 Å². The maximum absolute atomic E-state index is 5.61. The molecule has 0 amide bonds. The van der Waals surface area contributed by atoms with Gasteiger partial charge in [-0.25, -0.2) is 0 Å². The predicted molar refractivity (Wildman–Crippen MR) is 66.3 cm³/mol. The molecule has 2 nitrogen and oxygen atoms in total.